The summed E-state index contributed by atoms with van der Waals surface area (Å²) in [6, 6.07) is 11.4. The van der Waals surface area contributed by atoms with Gasteiger partial charge in [0.1, 0.15) is 5.82 Å². The van der Waals surface area contributed by atoms with Crippen LogP contribution in [0.15, 0.2) is 42.6 Å². The Bertz CT molecular complexity index is 593. The van der Waals surface area contributed by atoms with Crippen LogP contribution in [-0.4, -0.2) is 18.1 Å². The smallest absolute Gasteiger partial charge is 0.313 e. The molecule has 1 heterocycles. The number of aromatic nitrogens is 1. The Morgan fingerprint density at radius 1 is 1.10 bits per heavy atom. The minimum Gasteiger partial charge on any atom is -0.313 e. The highest BCUT2D eigenvalue weighted by Gasteiger charge is 2.05. The lowest BCUT2D eigenvalue weighted by atomic mass is 10.1. The largest absolute Gasteiger partial charge is 0.324 e. The van der Waals surface area contributed by atoms with E-state index in [2.05, 4.69) is 27.9 Å². The van der Waals surface area contributed by atoms with Gasteiger partial charge in [-0.2, -0.15) is 0 Å². The fourth-order valence-electron chi connectivity index (χ4n) is 1.84. The molecule has 0 bridgehead atoms. The summed E-state index contributed by atoms with van der Waals surface area (Å²) in [5.41, 5.74) is 2.96. The molecule has 2 amide bonds. The zero-order valence-electron chi connectivity index (χ0n) is 12.5. The van der Waals surface area contributed by atoms with Crippen LogP contribution in [0.25, 0.3) is 0 Å². The first-order valence-electron chi connectivity index (χ1n) is 6.86. The lowest BCUT2D eigenvalue weighted by molar-refractivity contribution is 0.262. The molecule has 0 radical (unpaired) electrons. The van der Waals surface area contributed by atoms with Gasteiger partial charge in [0.2, 0.25) is 0 Å². The van der Waals surface area contributed by atoms with Gasteiger partial charge in [0.25, 0.3) is 0 Å². The molecule has 2 aromatic rings. The van der Waals surface area contributed by atoms with Crippen LogP contribution in [0.4, 0.5) is 16.3 Å². The zero-order valence-corrected chi connectivity index (χ0v) is 12.5. The van der Waals surface area contributed by atoms with Gasteiger partial charge in [0, 0.05) is 17.9 Å². The first-order valence-corrected chi connectivity index (χ1v) is 6.86. The van der Waals surface area contributed by atoms with Crippen LogP contribution in [0.1, 0.15) is 24.1 Å². The number of pyridine rings is 1. The van der Waals surface area contributed by atoms with Crippen LogP contribution >= 0.6 is 0 Å². The molecule has 2 rings (SSSR count). The van der Waals surface area contributed by atoms with Crippen molar-refractivity contribution in [3.8, 4) is 0 Å². The van der Waals surface area contributed by atoms with Gasteiger partial charge in [-0.1, -0.05) is 18.2 Å². The van der Waals surface area contributed by atoms with Crippen LogP contribution in [0.5, 0.6) is 0 Å². The van der Waals surface area contributed by atoms with Gasteiger partial charge in [-0.25, -0.2) is 9.78 Å². The molecule has 0 fully saturated rings. The number of carbonyl (C=O) groups is 1. The van der Waals surface area contributed by atoms with E-state index in [4.69, 9.17) is 0 Å². The Kier molecular flexibility index (Phi) is 4.90. The standard InChI is InChI=1S/C16H20N4O/c1-11-4-9-15(18-10-11)20-16(21)19-14-7-5-13(6-8-14)12(2)17-3/h4-10,12,17H,1-3H3,(H2,18,19,20,21). The van der Waals surface area contributed by atoms with Crippen LogP contribution in [0.2, 0.25) is 0 Å². The van der Waals surface area contributed by atoms with Crippen LogP contribution < -0.4 is 16.0 Å². The Balaban J connectivity index is 1.94. The fraction of sp³-hybridized carbons (Fsp3) is 0.250. The number of aryl methyl sites for hydroxylation is 1. The number of nitrogens with one attached hydrogen (secondary N) is 3. The molecule has 5 heteroatoms. The van der Waals surface area contributed by atoms with Gasteiger partial charge in [0.15, 0.2) is 0 Å². The van der Waals surface area contributed by atoms with Gasteiger partial charge < -0.3 is 10.6 Å². The van der Waals surface area contributed by atoms with E-state index in [1.54, 1.807) is 12.3 Å². The summed E-state index contributed by atoms with van der Waals surface area (Å²) >= 11 is 0. The lowest BCUT2D eigenvalue weighted by Crippen LogP contribution is -2.20. The maximum absolute atomic E-state index is 11.9. The molecule has 0 saturated carbocycles. The van der Waals surface area contributed by atoms with E-state index in [0.717, 1.165) is 11.3 Å². The van der Waals surface area contributed by atoms with Crippen molar-refractivity contribution in [3.05, 3.63) is 53.7 Å². The number of rotatable bonds is 4. The third-order valence-corrected chi connectivity index (χ3v) is 3.25. The summed E-state index contributed by atoms with van der Waals surface area (Å²) in [5.74, 6) is 0.526. The fourth-order valence-corrected chi connectivity index (χ4v) is 1.84. The molecular weight excluding hydrogens is 264 g/mol. The number of hydrogen-bond donors (Lipinski definition) is 3. The zero-order chi connectivity index (χ0) is 15.2. The minimum atomic E-state index is -0.305. The van der Waals surface area contributed by atoms with E-state index in [0.29, 0.717) is 5.82 Å². The lowest BCUT2D eigenvalue weighted by Gasteiger charge is -2.12. The highest BCUT2D eigenvalue weighted by Crippen LogP contribution is 2.15. The van der Waals surface area contributed by atoms with Gasteiger partial charge >= 0.3 is 6.03 Å². The summed E-state index contributed by atoms with van der Waals surface area (Å²) in [6.07, 6.45) is 1.71. The number of carbonyl (C=O) groups excluding carboxylic acids is 1. The van der Waals surface area contributed by atoms with Crippen molar-refractivity contribution in [1.29, 1.82) is 0 Å². The molecule has 0 aliphatic heterocycles. The molecule has 110 valence electrons. The quantitative estimate of drug-likeness (QED) is 0.807. The van der Waals surface area contributed by atoms with Crippen LogP contribution in [0, 0.1) is 6.92 Å². The highest BCUT2D eigenvalue weighted by atomic mass is 16.2. The third-order valence-electron chi connectivity index (χ3n) is 3.25. The predicted octanol–water partition coefficient (Wildman–Crippen LogP) is 3.31. The number of benzene rings is 1. The summed E-state index contributed by atoms with van der Waals surface area (Å²) in [5, 5.41) is 8.64. The number of amides is 2. The van der Waals surface area contributed by atoms with Crippen molar-refractivity contribution in [1.82, 2.24) is 10.3 Å². The van der Waals surface area contributed by atoms with Gasteiger partial charge in [0.05, 0.1) is 0 Å². The maximum Gasteiger partial charge on any atom is 0.324 e. The monoisotopic (exact) mass is 284 g/mol. The van der Waals surface area contributed by atoms with Gasteiger partial charge in [-0.05, 0) is 50.2 Å². The first-order chi connectivity index (χ1) is 10.1. The van der Waals surface area contributed by atoms with Gasteiger partial charge in [-0.3, -0.25) is 5.32 Å². The van der Waals surface area contributed by atoms with Crippen molar-refractivity contribution < 1.29 is 4.79 Å². The molecule has 1 aromatic heterocycles. The van der Waals surface area contributed by atoms with Crippen LogP contribution in [-0.2, 0) is 0 Å². The van der Waals surface area contributed by atoms with Crippen LogP contribution in [0.3, 0.4) is 0 Å². The Hall–Kier alpha value is -2.40. The molecule has 0 spiro atoms. The van der Waals surface area contributed by atoms with Gasteiger partial charge in [-0.15, -0.1) is 0 Å². The second kappa shape index (κ2) is 6.85. The Morgan fingerprint density at radius 3 is 2.38 bits per heavy atom. The third kappa shape index (κ3) is 4.29. The average molecular weight is 284 g/mol. The Morgan fingerprint density at radius 2 is 1.81 bits per heavy atom. The number of urea groups is 1. The van der Waals surface area contributed by atoms with E-state index < -0.39 is 0 Å². The van der Waals surface area contributed by atoms with E-state index in [-0.39, 0.29) is 12.1 Å². The SMILES string of the molecule is CNC(C)c1ccc(NC(=O)Nc2ccc(C)cn2)cc1. The first kappa shape index (κ1) is 15.0. The van der Waals surface area contributed by atoms with Crippen molar-refractivity contribution in [2.75, 3.05) is 17.7 Å². The molecule has 0 aliphatic carbocycles. The van der Waals surface area contributed by atoms with E-state index in [1.807, 2.05) is 44.3 Å². The van der Waals surface area contributed by atoms with E-state index in [9.17, 15) is 4.79 Å². The minimum absolute atomic E-state index is 0.282. The molecular formula is C16H20N4O. The van der Waals surface area contributed by atoms with Crippen molar-refractivity contribution >= 4 is 17.5 Å². The molecule has 1 atom stereocenters. The summed E-state index contributed by atoms with van der Waals surface area (Å²) < 4.78 is 0. The topological polar surface area (TPSA) is 66.0 Å². The van der Waals surface area contributed by atoms with E-state index >= 15 is 0 Å². The second-order valence-electron chi connectivity index (χ2n) is 4.93. The highest BCUT2D eigenvalue weighted by molar-refractivity contribution is 5.99. The summed E-state index contributed by atoms with van der Waals surface area (Å²) in [7, 11) is 1.92. The Labute approximate surface area is 124 Å². The summed E-state index contributed by atoms with van der Waals surface area (Å²) in [4.78, 5) is 16.0. The maximum atomic E-state index is 11.9. The molecule has 0 saturated heterocycles. The van der Waals surface area contributed by atoms with Crippen molar-refractivity contribution in [3.63, 3.8) is 0 Å². The molecule has 21 heavy (non-hydrogen) atoms. The second-order valence-corrected chi connectivity index (χ2v) is 4.93. The number of hydrogen-bond acceptors (Lipinski definition) is 3. The molecule has 1 unspecified atom stereocenters. The molecule has 3 N–H and O–H groups in total. The van der Waals surface area contributed by atoms with Crippen molar-refractivity contribution in [2.45, 2.75) is 19.9 Å². The molecule has 1 aromatic carbocycles. The molecule has 5 nitrogen and oxygen atoms in total. The average Bonchev–Trinajstić information content (AvgIpc) is 2.49. The summed E-state index contributed by atoms with van der Waals surface area (Å²) in [6.45, 7) is 4.03. The number of anilines is 2. The van der Waals surface area contributed by atoms with E-state index in [1.165, 1.54) is 5.56 Å². The predicted molar refractivity (Wildman–Crippen MR) is 85.5 cm³/mol. The number of nitrogens with zero attached hydrogens (tertiary/aromatic N) is 1. The normalized spacial score (nSPS) is 11.8. The molecule has 0 aliphatic rings. The van der Waals surface area contributed by atoms with Crippen molar-refractivity contribution in [2.24, 2.45) is 0 Å².